The van der Waals surface area contributed by atoms with E-state index in [1.54, 1.807) is 0 Å². The predicted octanol–water partition coefficient (Wildman–Crippen LogP) is -0.196. The molecule has 1 aliphatic rings. The van der Waals surface area contributed by atoms with Crippen LogP contribution in [-0.2, 0) is 0 Å². The third-order valence-corrected chi connectivity index (χ3v) is 2.26. The number of nitrogens with one attached hydrogen (secondary N) is 1. The number of nitriles is 1. The summed E-state index contributed by atoms with van der Waals surface area (Å²) in [5, 5.41) is 11.7. The molecule has 3 heteroatoms. The average molecular weight is 139 g/mol. The molecule has 1 heterocycles. The van der Waals surface area contributed by atoms with Crippen LogP contribution in [0.5, 0.6) is 0 Å². The first kappa shape index (κ1) is 7.52. The molecule has 0 spiro atoms. The zero-order valence-electron chi connectivity index (χ0n) is 6.52. The molecule has 0 aromatic carbocycles. The summed E-state index contributed by atoms with van der Waals surface area (Å²) in [6.45, 7) is 1.90. The van der Waals surface area contributed by atoms with E-state index in [2.05, 4.69) is 16.3 Å². The van der Waals surface area contributed by atoms with Crippen LogP contribution < -0.4 is 5.32 Å². The summed E-state index contributed by atoms with van der Waals surface area (Å²) in [6.07, 6.45) is 0.632. The summed E-state index contributed by atoms with van der Waals surface area (Å²) in [4.78, 5) is 2.13. The molecule has 1 fully saturated rings. The van der Waals surface area contributed by atoms with Crippen LogP contribution in [0.1, 0.15) is 6.42 Å². The van der Waals surface area contributed by atoms with Gasteiger partial charge in [0, 0.05) is 13.1 Å². The Morgan fingerprint density at radius 2 is 2.20 bits per heavy atom. The molecule has 56 valence electrons. The lowest BCUT2D eigenvalue weighted by Gasteiger charge is -2.46. The molecule has 1 aliphatic heterocycles. The fraction of sp³-hybridized carbons (Fsp3) is 0.857. The monoisotopic (exact) mass is 139 g/mol. The van der Waals surface area contributed by atoms with Crippen molar-refractivity contribution in [3.63, 3.8) is 0 Å². The van der Waals surface area contributed by atoms with Crippen molar-refractivity contribution >= 4 is 0 Å². The van der Waals surface area contributed by atoms with E-state index in [1.807, 2.05) is 14.1 Å². The van der Waals surface area contributed by atoms with Gasteiger partial charge in [-0.1, -0.05) is 0 Å². The first-order valence-corrected chi connectivity index (χ1v) is 3.46. The molecule has 0 unspecified atom stereocenters. The van der Waals surface area contributed by atoms with Gasteiger partial charge in [-0.25, -0.2) is 0 Å². The molecular formula is C7H13N3. The van der Waals surface area contributed by atoms with Gasteiger partial charge in [-0.05, 0) is 14.1 Å². The molecule has 0 aromatic rings. The van der Waals surface area contributed by atoms with Gasteiger partial charge in [-0.3, -0.25) is 0 Å². The lowest BCUT2D eigenvalue weighted by molar-refractivity contribution is 0.0902. The Morgan fingerprint density at radius 1 is 1.60 bits per heavy atom. The van der Waals surface area contributed by atoms with Crippen LogP contribution in [0, 0.1) is 11.3 Å². The Kier molecular flexibility index (Phi) is 1.93. The number of hydrogen-bond donors (Lipinski definition) is 1. The maximum Gasteiger partial charge on any atom is 0.0642 e. The lowest BCUT2D eigenvalue weighted by Crippen LogP contribution is -2.66. The highest BCUT2D eigenvalue weighted by atomic mass is 15.2. The Labute approximate surface area is 61.6 Å². The van der Waals surface area contributed by atoms with E-state index in [4.69, 9.17) is 5.26 Å². The Bertz CT molecular complexity index is 153. The van der Waals surface area contributed by atoms with Crippen LogP contribution in [0.2, 0.25) is 0 Å². The molecule has 0 radical (unpaired) electrons. The fourth-order valence-electron chi connectivity index (χ4n) is 1.16. The quantitative estimate of drug-likeness (QED) is 0.576. The lowest BCUT2D eigenvalue weighted by atomic mass is 9.88. The van der Waals surface area contributed by atoms with Crippen molar-refractivity contribution in [1.82, 2.24) is 10.2 Å². The van der Waals surface area contributed by atoms with E-state index in [9.17, 15) is 0 Å². The summed E-state index contributed by atoms with van der Waals surface area (Å²) in [5.74, 6) is 0. The highest BCUT2D eigenvalue weighted by molar-refractivity contribution is 5.05. The second kappa shape index (κ2) is 2.57. The maximum atomic E-state index is 8.51. The van der Waals surface area contributed by atoms with E-state index in [1.165, 1.54) is 0 Å². The van der Waals surface area contributed by atoms with Crippen LogP contribution in [-0.4, -0.2) is 37.6 Å². The molecule has 10 heavy (non-hydrogen) atoms. The first-order valence-electron chi connectivity index (χ1n) is 3.46. The SMILES string of the molecule is CN(C)C1(CC#N)CNC1. The smallest absolute Gasteiger partial charge is 0.0642 e. The van der Waals surface area contributed by atoms with Gasteiger partial charge in [-0.15, -0.1) is 0 Å². The van der Waals surface area contributed by atoms with Gasteiger partial charge in [0.25, 0.3) is 0 Å². The zero-order chi connectivity index (χ0) is 7.61. The number of likely N-dealkylation sites (N-methyl/N-ethyl adjacent to an activating group) is 1. The summed E-state index contributed by atoms with van der Waals surface area (Å²) < 4.78 is 0. The van der Waals surface area contributed by atoms with Gasteiger partial charge in [0.15, 0.2) is 0 Å². The predicted molar refractivity (Wildman–Crippen MR) is 39.5 cm³/mol. The molecule has 1 N–H and O–H groups in total. The highest BCUT2D eigenvalue weighted by Crippen LogP contribution is 2.20. The number of rotatable bonds is 2. The minimum Gasteiger partial charge on any atom is -0.313 e. The summed E-state index contributed by atoms with van der Waals surface area (Å²) in [5.41, 5.74) is 0.134. The highest BCUT2D eigenvalue weighted by Gasteiger charge is 2.38. The van der Waals surface area contributed by atoms with Crippen LogP contribution in [0.25, 0.3) is 0 Å². The Morgan fingerprint density at radius 3 is 2.30 bits per heavy atom. The maximum absolute atomic E-state index is 8.51. The molecule has 0 aromatic heterocycles. The first-order chi connectivity index (χ1) is 4.71. The van der Waals surface area contributed by atoms with Gasteiger partial charge < -0.3 is 10.2 Å². The second-order valence-electron chi connectivity index (χ2n) is 3.06. The topological polar surface area (TPSA) is 39.1 Å². The zero-order valence-corrected chi connectivity index (χ0v) is 6.52. The van der Waals surface area contributed by atoms with E-state index in [0.29, 0.717) is 6.42 Å². The molecular weight excluding hydrogens is 126 g/mol. The molecule has 1 saturated heterocycles. The molecule has 0 aliphatic carbocycles. The van der Waals surface area contributed by atoms with Crippen LogP contribution in [0.4, 0.5) is 0 Å². The van der Waals surface area contributed by atoms with E-state index >= 15 is 0 Å². The average Bonchev–Trinajstić information content (AvgIpc) is 1.77. The molecule has 0 amide bonds. The fourth-order valence-corrected chi connectivity index (χ4v) is 1.16. The third kappa shape index (κ3) is 1.00. The minimum atomic E-state index is 0.134. The van der Waals surface area contributed by atoms with E-state index in [0.717, 1.165) is 13.1 Å². The second-order valence-corrected chi connectivity index (χ2v) is 3.06. The van der Waals surface area contributed by atoms with Crippen LogP contribution in [0.15, 0.2) is 0 Å². The largest absolute Gasteiger partial charge is 0.313 e. The summed E-state index contributed by atoms with van der Waals surface area (Å²) in [7, 11) is 4.05. The van der Waals surface area contributed by atoms with Crippen molar-refractivity contribution in [2.24, 2.45) is 0 Å². The summed E-state index contributed by atoms with van der Waals surface area (Å²) in [6, 6.07) is 2.21. The standard InChI is InChI=1S/C7H13N3/c1-10(2)7(3-4-8)5-9-6-7/h9H,3,5-6H2,1-2H3. The number of hydrogen-bond acceptors (Lipinski definition) is 3. The van der Waals surface area contributed by atoms with Gasteiger partial charge >= 0.3 is 0 Å². The normalized spacial score (nSPS) is 21.8. The van der Waals surface area contributed by atoms with Crippen molar-refractivity contribution in [2.45, 2.75) is 12.0 Å². The molecule has 3 nitrogen and oxygen atoms in total. The van der Waals surface area contributed by atoms with Crippen LogP contribution in [0.3, 0.4) is 0 Å². The van der Waals surface area contributed by atoms with E-state index in [-0.39, 0.29) is 5.54 Å². The Hall–Kier alpha value is -0.590. The van der Waals surface area contributed by atoms with E-state index < -0.39 is 0 Å². The molecule has 1 rings (SSSR count). The summed E-state index contributed by atoms with van der Waals surface area (Å²) >= 11 is 0. The van der Waals surface area contributed by atoms with Crippen LogP contribution >= 0.6 is 0 Å². The van der Waals surface area contributed by atoms with Crippen molar-refractivity contribution in [1.29, 1.82) is 5.26 Å². The Balaban J connectivity index is 2.52. The number of nitrogens with zero attached hydrogens (tertiary/aromatic N) is 2. The van der Waals surface area contributed by atoms with Crippen molar-refractivity contribution in [2.75, 3.05) is 27.2 Å². The van der Waals surface area contributed by atoms with Crippen molar-refractivity contribution in [3.05, 3.63) is 0 Å². The molecule has 0 atom stereocenters. The molecule has 0 saturated carbocycles. The third-order valence-electron chi connectivity index (χ3n) is 2.26. The minimum absolute atomic E-state index is 0.134. The van der Waals surface area contributed by atoms with Crippen molar-refractivity contribution < 1.29 is 0 Å². The van der Waals surface area contributed by atoms with Gasteiger partial charge in [-0.2, -0.15) is 5.26 Å². The van der Waals surface area contributed by atoms with Gasteiger partial charge in [0.05, 0.1) is 18.0 Å². The van der Waals surface area contributed by atoms with Gasteiger partial charge in [0.1, 0.15) is 0 Å². The molecule has 0 bridgehead atoms. The van der Waals surface area contributed by atoms with Gasteiger partial charge in [0.2, 0.25) is 0 Å². The van der Waals surface area contributed by atoms with Crippen molar-refractivity contribution in [3.8, 4) is 6.07 Å².